The molecule has 0 radical (unpaired) electrons. The van der Waals surface area contributed by atoms with E-state index in [0.29, 0.717) is 31.6 Å². The molecule has 0 bridgehead atoms. The van der Waals surface area contributed by atoms with Gasteiger partial charge in [-0.05, 0) is 64.0 Å². The van der Waals surface area contributed by atoms with Crippen molar-refractivity contribution in [3.63, 3.8) is 0 Å². The normalized spacial score (nSPS) is 19.6. The second-order valence-corrected chi connectivity index (χ2v) is 10.1. The van der Waals surface area contributed by atoms with Gasteiger partial charge in [0, 0.05) is 19.2 Å². The highest BCUT2D eigenvalue weighted by Crippen LogP contribution is 2.42. The summed E-state index contributed by atoms with van der Waals surface area (Å²) in [6.45, 7) is 12.0. The van der Waals surface area contributed by atoms with Crippen molar-refractivity contribution < 1.29 is 32.9 Å². The van der Waals surface area contributed by atoms with Crippen molar-refractivity contribution in [3.8, 4) is 5.75 Å². The summed E-state index contributed by atoms with van der Waals surface area (Å²) in [6, 6.07) is 3.01. The number of halogens is 1. The monoisotopic (exact) mass is 481 g/mol. The molecule has 1 aliphatic rings. The maximum atomic E-state index is 15.0. The average Bonchev–Trinajstić information content (AvgIpc) is 2.73. The Labute approximate surface area is 202 Å². The van der Waals surface area contributed by atoms with Crippen LogP contribution in [0.2, 0.25) is 0 Å². The van der Waals surface area contributed by atoms with E-state index in [2.05, 4.69) is 0 Å². The first-order valence-corrected chi connectivity index (χ1v) is 12.0. The lowest BCUT2D eigenvalue weighted by Gasteiger charge is -2.41. The number of hydrogen-bond acceptors (Lipinski definition) is 6. The van der Waals surface area contributed by atoms with E-state index in [-0.39, 0.29) is 30.2 Å². The van der Waals surface area contributed by atoms with Crippen LogP contribution in [0.25, 0.3) is 0 Å². The van der Waals surface area contributed by atoms with E-state index in [1.54, 1.807) is 18.9 Å². The summed E-state index contributed by atoms with van der Waals surface area (Å²) in [5.41, 5.74) is 0.639. The van der Waals surface area contributed by atoms with Crippen LogP contribution >= 0.6 is 0 Å². The lowest BCUT2D eigenvalue weighted by Crippen LogP contribution is -2.51. The van der Waals surface area contributed by atoms with Crippen molar-refractivity contribution in [1.29, 1.82) is 0 Å². The van der Waals surface area contributed by atoms with Gasteiger partial charge in [0.05, 0.1) is 32.3 Å². The molecule has 1 heterocycles. The molecule has 1 amide bonds. The van der Waals surface area contributed by atoms with Gasteiger partial charge in [0.1, 0.15) is 5.60 Å². The number of carbonyl (C=O) groups is 2. The van der Waals surface area contributed by atoms with E-state index in [0.717, 1.165) is 5.56 Å². The molecule has 2 rings (SSSR count). The van der Waals surface area contributed by atoms with Gasteiger partial charge in [-0.2, -0.15) is 0 Å². The Morgan fingerprint density at radius 1 is 1.21 bits per heavy atom. The summed E-state index contributed by atoms with van der Waals surface area (Å²) in [5, 5.41) is 0. The van der Waals surface area contributed by atoms with Gasteiger partial charge >= 0.3 is 12.1 Å². The molecule has 1 fully saturated rings. The highest BCUT2D eigenvalue weighted by Gasteiger charge is 2.42. The number of piperidine rings is 1. The number of nitrogens with zero attached hydrogens (tertiary/aromatic N) is 1. The van der Waals surface area contributed by atoms with E-state index in [1.165, 1.54) is 13.2 Å². The highest BCUT2D eigenvalue weighted by molar-refractivity contribution is 5.80. The van der Waals surface area contributed by atoms with E-state index < -0.39 is 29.4 Å². The predicted molar refractivity (Wildman–Crippen MR) is 128 cm³/mol. The standard InChI is InChI=1S/C26H40FNO6/c1-9-33-24(29)22(20-13-18(16(2)3)14-21(27)23(20)32-8)17-10-11-28(19(12-17)15-31-7)25(30)34-26(4,5)6/h13-14,16-17,19,22H,9-12,15H2,1-8H3. The molecule has 3 atom stereocenters. The Balaban J connectivity index is 2.47. The van der Waals surface area contributed by atoms with Gasteiger partial charge in [-0.1, -0.05) is 19.9 Å². The van der Waals surface area contributed by atoms with Crippen molar-refractivity contribution >= 4 is 12.1 Å². The topological polar surface area (TPSA) is 74.3 Å². The van der Waals surface area contributed by atoms with Crippen LogP contribution < -0.4 is 4.74 Å². The van der Waals surface area contributed by atoms with E-state index >= 15 is 4.39 Å². The number of amides is 1. The third-order valence-electron chi connectivity index (χ3n) is 6.06. The minimum absolute atomic E-state index is 0.0558. The second kappa shape index (κ2) is 11.9. The Hall–Kier alpha value is -2.35. The first kappa shape index (κ1) is 27.9. The molecule has 0 aliphatic carbocycles. The number of esters is 1. The molecule has 0 saturated carbocycles. The number of carbonyl (C=O) groups excluding carboxylic acids is 2. The van der Waals surface area contributed by atoms with E-state index in [9.17, 15) is 9.59 Å². The maximum absolute atomic E-state index is 15.0. The number of ether oxygens (including phenoxy) is 4. The Bertz CT molecular complexity index is 850. The Morgan fingerprint density at radius 2 is 1.88 bits per heavy atom. The van der Waals surface area contributed by atoms with Crippen LogP contribution in [0.15, 0.2) is 12.1 Å². The van der Waals surface area contributed by atoms with Crippen LogP contribution in [0.3, 0.4) is 0 Å². The fraction of sp³-hybridized carbons (Fsp3) is 0.692. The predicted octanol–water partition coefficient (Wildman–Crippen LogP) is 5.27. The first-order valence-electron chi connectivity index (χ1n) is 12.0. The third kappa shape index (κ3) is 6.84. The Kier molecular flexibility index (Phi) is 9.74. The number of rotatable bonds is 8. The van der Waals surface area contributed by atoms with Gasteiger partial charge in [-0.25, -0.2) is 9.18 Å². The molecular weight excluding hydrogens is 441 g/mol. The molecule has 1 aromatic carbocycles. The molecule has 34 heavy (non-hydrogen) atoms. The molecule has 1 aromatic rings. The molecule has 192 valence electrons. The summed E-state index contributed by atoms with van der Waals surface area (Å²) < 4.78 is 36.8. The number of hydrogen-bond donors (Lipinski definition) is 0. The zero-order chi connectivity index (χ0) is 25.6. The molecule has 0 aromatic heterocycles. The molecule has 1 saturated heterocycles. The zero-order valence-corrected chi connectivity index (χ0v) is 21.8. The zero-order valence-electron chi connectivity index (χ0n) is 21.8. The molecule has 0 spiro atoms. The minimum atomic E-state index is -0.733. The van der Waals surface area contributed by atoms with Crippen molar-refractivity contribution in [2.75, 3.05) is 34.0 Å². The van der Waals surface area contributed by atoms with Gasteiger partial charge < -0.3 is 23.8 Å². The summed E-state index contributed by atoms with van der Waals surface area (Å²) in [6.07, 6.45) is 0.596. The average molecular weight is 482 g/mol. The van der Waals surface area contributed by atoms with Gasteiger partial charge in [-0.3, -0.25) is 4.79 Å². The smallest absolute Gasteiger partial charge is 0.410 e. The number of likely N-dealkylation sites (tertiary alicyclic amines) is 1. The van der Waals surface area contributed by atoms with E-state index in [4.69, 9.17) is 18.9 Å². The SMILES string of the molecule is CCOC(=O)C(c1cc(C(C)C)cc(F)c1OC)C1CCN(C(=O)OC(C)(C)C)C(COC)C1. The number of benzene rings is 1. The summed E-state index contributed by atoms with van der Waals surface area (Å²) >= 11 is 0. The fourth-order valence-electron chi connectivity index (χ4n) is 4.52. The van der Waals surface area contributed by atoms with Crippen molar-refractivity contribution in [2.24, 2.45) is 5.92 Å². The van der Waals surface area contributed by atoms with Crippen molar-refractivity contribution in [1.82, 2.24) is 4.90 Å². The fourth-order valence-corrected chi connectivity index (χ4v) is 4.52. The highest BCUT2D eigenvalue weighted by atomic mass is 19.1. The van der Waals surface area contributed by atoms with Crippen LogP contribution in [0, 0.1) is 11.7 Å². The lowest BCUT2D eigenvalue weighted by molar-refractivity contribution is -0.147. The largest absolute Gasteiger partial charge is 0.493 e. The van der Waals surface area contributed by atoms with Crippen molar-refractivity contribution in [3.05, 3.63) is 29.1 Å². The molecule has 7 nitrogen and oxygen atoms in total. The molecular formula is C26H40FNO6. The first-order chi connectivity index (χ1) is 15.9. The summed E-state index contributed by atoms with van der Waals surface area (Å²) in [7, 11) is 2.97. The van der Waals surface area contributed by atoms with Crippen LogP contribution in [-0.2, 0) is 19.0 Å². The molecule has 1 aliphatic heterocycles. The lowest BCUT2D eigenvalue weighted by atomic mass is 9.76. The van der Waals surface area contributed by atoms with E-state index in [1.807, 2.05) is 40.7 Å². The van der Waals surface area contributed by atoms with Gasteiger partial charge in [0.15, 0.2) is 11.6 Å². The number of methoxy groups -OCH3 is 2. The van der Waals surface area contributed by atoms with Crippen molar-refractivity contribution in [2.45, 2.75) is 77.9 Å². The molecule has 3 unspecified atom stereocenters. The van der Waals surface area contributed by atoms with Crippen LogP contribution in [0.5, 0.6) is 5.75 Å². The van der Waals surface area contributed by atoms with Gasteiger partial charge in [-0.15, -0.1) is 0 Å². The molecule has 8 heteroatoms. The van der Waals surface area contributed by atoms with Crippen LogP contribution in [-0.4, -0.2) is 62.6 Å². The Morgan fingerprint density at radius 3 is 2.41 bits per heavy atom. The minimum Gasteiger partial charge on any atom is -0.493 e. The van der Waals surface area contributed by atoms with Crippen LogP contribution in [0.4, 0.5) is 9.18 Å². The molecule has 0 N–H and O–H groups in total. The quantitative estimate of drug-likeness (QED) is 0.471. The summed E-state index contributed by atoms with van der Waals surface area (Å²) in [4.78, 5) is 27.7. The van der Waals surface area contributed by atoms with Gasteiger partial charge in [0.2, 0.25) is 0 Å². The maximum Gasteiger partial charge on any atom is 0.410 e. The summed E-state index contributed by atoms with van der Waals surface area (Å²) in [5.74, 6) is -1.74. The van der Waals surface area contributed by atoms with Gasteiger partial charge in [0.25, 0.3) is 0 Å². The third-order valence-corrected chi connectivity index (χ3v) is 6.06. The second-order valence-electron chi connectivity index (χ2n) is 10.1. The van der Waals surface area contributed by atoms with Crippen LogP contribution in [0.1, 0.15) is 77.3 Å².